The van der Waals surface area contributed by atoms with Gasteiger partial charge in [0.25, 0.3) is 0 Å². The van der Waals surface area contributed by atoms with Crippen molar-refractivity contribution in [1.82, 2.24) is 0 Å². The third kappa shape index (κ3) is 1.45. The van der Waals surface area contributed by atoms with E-state index in [-0.39, 0.29) is 15.6 Å². The Morgan fingerprint density at radius 2 is 1.69 bits per heavy atom. The molecule has 0 radical (unpaired) electrons. The number of aldehydes is 1. The van der Waals surface area contributed by atoms with Crippen molar-refractivity contribution in [2.24, 2.45) is 0 Å². The molecular weight excluding hydrogens is 215 g/mol. The molecule has 13 heavy (non-hydrogen) atoms. The average Bonchev–Trinajstić information content (AvgIpc) is 2.13. The number of benzene rings is 1. The maximum Gasteiger partial charge on any atom is 0.156 e. The molecule has 0 spiro atoms. The summed E-state index contributed by atoms with van der Waals surface area (Å²) in [4.78, 5) is 10.5. The lowest BCUT2D eigenvalue weighted by Crippen LogP contribution is -1.90. The molecule has 0 saturated carbocycles. The fourth-order valence-electron chi connectivity index (χ4n) is 0.944. The number of halogens is 2. The highest BCUT2D eigenvalue weighted by molar-refractivity contribution is 6.39. The van der Waals surface area contributed by atoms with Crippen LogP contribution in [0.5, 0.6) is 11.5 Å². The molecule has 1 rings (SSSR count). The number of aromatic hydroxyl groups is 2. The van der Waals surface area contributed by atoms with Gasteiger partial charge in [-0.1, -0.05) is 23.2 Å². The molecule has 0 saturated heterocycles. The van der Waals surface area contributed by atoms with Gasteiger partial charge < -0.3 is 10.2 Å². The minimum Gasteiger partial charge on any atom is -0.505 e. The second kappa shape index (κ2) is 3.44. The predicted molar refractivity (Wildman–Crippen MR) is 49.9 cm³/mol. The van der Waals surface area contributed by atoms with Crippen LogP contribution in [0, 0.1) is 6.92 Å². The molecule has 0 aliphatic carbocycles. The molecule has 0 aliphatic rings. The summed E-state index contributed by atoms with van der Waals surface area (Å²) in [6, 6.07) is 0. The third-order valence-corrected chi connectivity index (χ3v) is 2.55. The Morgan fingerprint density at radius 1 is 1.15 bits per heavy atom. The second-order valence-electron chi connectivity index (χ2n) is 2.48. The normalized spacial score (nSPS) is 10.1. The van der Waals surface area contributed by atoms with Gasteiger partial charge in [-0.3, -0.25) is 4.79 Å². The summed E-state index contributed by atoms with van der Waals surface area (Å²) in [7, 11) is 0. The Labute approximate surface area is 84.5 Å². The molecule has 0 heterocycles. The van der Waals surface area contributed by atoms with Crippen molar-refractivity contribution < 1.29 is 15.0 Å². The number of rotatable bonds is 1. The van der Waals surface area contributed by atoms with Gasteiger partial charge in [0.1, 0.15) is 10.8 Å². The topological polar surface area (TPSA) is 57.5 Å². The fraction of sp³-hybridized carbons (Fsp3) is 0.125. The van der Waals surface area contributed by atoms with E-state index in [2.05, 4.69) is 0 Å². The Kier molecular flexibility index (Phi) is 2.68. The molecule has 70 valence electrons. The van der Waals surface area contributed by atoms with Gasteiger partial charge in [0, 0.05) is 0 Å². The number of phenols is 2. The molecule has 1 aromatic carbocycles. The van der Waals surface area contributed by atoms with Crippen LogP contribution in [0.15, 0.2) is 0 Å². The number of phenolic OH excluding ortho intramolecular Hbond substituents is 2. The Morgan fingerprint density at radius 3 is 2.15 bits per heavy atom. The SMILES string of the molecule is Cc1c(Cl)c(O)c(Cl)c(O)c1C=O. The maximum atomic E-state index is 10.5. The first-order valence-electron chi connectivity index (χ1n) is 3.35. The predicted octanol–water partition coefficient (Wildman–Crippen LogP) is 2.53. The van der Waals surface area contributed by atoms with Crippen LogP contribution < -0.4 is 0 Å². The molecule has 0 aliphatic heterocycles. The van der Waals surface area contributed by atoms with E-state index in [9.17, 15) is 15.0 Å². The van der Waals surface area contributed by atoms with Crippen LogP contribution in [0.3, 0.4) is 0 Å². The molecule has 0 fully saturated rings. The van der Waals surface area contributed by atoms with Crippen molar-refractivity contribution in [3.63, 3.8) is 0 Å². The van der Waals surface area contributed by atoms with Crippen molar-refractivity contribution in [3.05, 3.63) is 21.2 Å². The molecule has 0 aromatic heterocycles. The van der Waals surface area contributed by atoms with Crippen LogP contribution in [0.2, 0.25) is 10.0 Å². The highest BCUT2D eigenvalue weighted by atomic mass is 35.5. The van der Waals surface area contributed by atoms with E-state index in [1.807, 2.05) is 0 Å². The number of hydrogen-bond acceptors (Lipinski definition) is 3. The molecule has 0 unspecified atom stereocenters. The highest BCUT2D eigenvalue weighted by Crippen LogP contribution is 2.42. The highest BCUT2D eigenvalue weighted by Gasteiger charge is 2.18. The Balaban J connectivity index is 3.66. The van der Waals surface area contributed by atoms with Gasteiger partial charge in [-0.2, -0.15) is 0 Å². The summed E-state index contributed by atoms with van der Waals surface area (Å²) in [5.74, 6) is -0.861. The average molecular weight is 221 g/mol. The van der Waals surface area contributed by atoms with Crippen LogP contribution in [0.1, 0.15) is 15.9 Å². The standard InChI is InChI=1S/C8H6Cl2O3/c1-3-4(2-11)7(12)6(10)8(13)5(3)9/h2,12-13H,1H3. The summed E-state index contributed by atoms with van der Waals surface area (Å²) in [6.07, 6.45) is 0.432. The number of carbonyl (C=O) groups excluding carboxylic acids is 1. The molecule has 0 amide bonds. The van der Waals surface area contributed by atoms with E-state index in [4.69, 9.17) is 23.2 Å². The monoisotopic (exact) mass is 220 g/mol. The largest absolute Gasteiger partial charge is 0.505 e. The lowest BCUT2D eigenvalue weighted by Gasteiger charge is -2.08. The number of hydrogen-bond donors (Lipinski definition) is 2. The first kappa shape index (κ1) is 10.2. The van der Waals surface area contributed by atoms with E-state index >= 15 is 0 Å². The second-order valence-corrected chi connectivity index (χ2v) is 3.24. The first-order chi connectivity index (χ1) is 6.00. The van der Waals surface area contributed by atoms with Crippen molar-refractivity contribution in [2.45, 2.75) is 6.92 Å². The van der Waals surface area contributed by atoms with Crippen molar-refractivity contribution in [1.29, 1.82) is 0 Å². The molecule has 5 heteroatoms. The van der Waals surface area contributed by atoms with Crippen molar-refractivity contribution in [2.75, 3.05) is 0 Å². The van der Waals surface area contributed by atoms with E-state index < -0.39 is 11.5 Å². The van der Waals surface area contributed by atoms with Crippen LogP contribution >= 0.6 is 23.2 Å². The minimum absolute atomic E-state index is 0.00667. The van der Waals surface area contributed by atoms with Crippen LogP contribution in [-0.2, 0) is 0 Å². The molecular formula is C8H6Cl2O3. The number of carbonyl (C=O) groups is 1. The van der Waals surface area contributed by atoms with Crippen LogP contribution in [0.25, 0.3) is 0 Å². The summed E-state index contributed by atoms with van der Waals surface area (Å²) in [5, 5.41) is 18.2. The van der Waals surface area contributed by atoms with Gasteiger partial charge in [-0.05, 0) is 12.5 Å². The zero-order valence-corrected chi connectivity index (χ0v) is 8.15. The Bertz CT molecular complexity index is 345. The first-order valence-corrected chi connectivity index (χ1v) is 4.11. The zero-order chi connectivity index (χ0) is 10.2. The summed E-state index contributed by atoms with van der Waals surface area (Å²) < 4.78 is 0. The van der Waals surface area contributed by atoms with E-state index in [0.29, 0.717) is 11.8 Å². The fourth-order valence-corrected chi connectivity index (χ4v) is 1.39. The van der Waals surface area contributed by atoms with Gasteiger partial charge in [-0.15, -0.1) is 0 Å². The maximum absolute atomic E-state index is 10.5. The van der Waals surface area contributed by atoms with Gasteiger partial charge in [0.2, 0.25) is 0 Å². The van der Waals surface area contributed by atoms with Gasteiger partial charge in [0.15, 0.2) is 12.0 Å². The smallest absolute Gasteiger partial charge is 0.156 e. The lowest BCUT2D eigenvalue weighted by molar-refractivity contribution is 0.112. The quantitative estimate of drug-likeness (QED) is 0.716. The molecule has 1 aromatic rings. The lowest BCUT2D eigenvalue weighted by atomic mass is 10.1. The van der Waals surface area contributed by atoms with Gasteiger partial charge in [0.05, 0.1) is 10.6 Å². The van der Waals surface area contributed by atoms with Crippen LogP contribution in [-0.4, -0.2) is 16.5 Å². The van der Waals surface area contributed by atoms with Crippen molar-refractivity contribution in [3.8, 4) is 11.5 Å². The zero-order valence-electron chi connectivity index (χ0n) is 6.64. The van der Waals surface area contributed by atoms with E-state index in [0.717, 1.165) is 0 Å². The minimum atomic E-state index is -0.448. The van der Waals surface area contributed by atoms with Crippen molar-refractivity contribution >= 4 is 29.5 Å². The van der Waals surface area contributed by atoms with E-state index in [1.165, 1.54) is 6.92 Å². The summed E-state index contributed by atoms with van der Waals surface area (Å²) >= 11 is 11.1. The molecule has 3 nitrogen and oxygen atoms in total. The Hall–Kier alpha value is -0.930. The van der Waals surface area contributed by atoms with Gasteiger partial charge in [-0.25, -0.2) is 0 Å². The molecule has 0 bridgehead atoms. The summed E-state index contributed by atoms with van der Waals surface area (Å²) in [5.41, 5.74) is 0.295. The van der Waals surface area contributed by atoms with Crippen LogP contribution in [0.4, 0.5) is 0 Å². The third-order valence-electron chi connectivity index (χ3n) is 1.73. The van der Waals surface area contributed by atoms with Gasteiger partial charge >= 0.3 is 0 Å². The van der Waals surface area contributed by atoms with E-state index in [1.54, 1.807) is 0 Å². The molecule has 0 atom stereocenters. The molecule has 2 N–H and O–H groups in total. The summed E-state index contributed by atoms with van der Waals surface area (Å²) in [6.45, 7) is 1.50.